The highest BCUT2D eigenvalue weighted by Crippen LogP contribution is 2.26. The number of nitrogens with one attached hydrogen (secondary N) is 1. The highest BCUT2D eigenvalue weighted by Gasteiger charge is 2.08. The van der Waals surface area contributed by atoms with Crippen molar-refractivity contribution in [3.8, 4) is 0 Å². The highest BCUT2D eigenvalue weighted by molar-refractivity contribution is 7.16. The van der Waals surface area contributed by atoms with Crippen LogP contribution in [-0.2, 0) is 0 Å². The molecule has 1 heterocycles. The molecular weight excluding hydrogens is 182 g/mol. The molecule has 0 bridgehead atoms. The van der Waals surface area contributed by atoms with Gasteiger partial charge in [-0.2, -0.15) is 0 Å². The van der Waals surface area contributed by atoms with Gasteiger partial charge in [-0.25, -0.2) is 0 Å². The summed E-state index contributed by atoms with van der Waals surface area (Å²) in [4.78, 5) is 1.07. The Bertz CT molecular complexity index is 222. The second kappa shape index (κ2) is 4.07. The molecule has 0 amide bonds. The van der Waals surface area contributed by atoms with Gasteiger partial charge in [0, 0.05) is 4.88 Å². The van der Waals surface area contributed by atoms with E-state index in [-0.39, 0.29) is 12.6 Å². The standard InChI is InChI=1S/C7H10ClNOS/c1-9-5(4-10)6-2-3-7(8)11-6/h2-3,5,9-10H,4H2,1H3. The molecule has 0 aliphatic rings. The van der Waals surface area contributed by atoms with E-state index in [9.17, 15) is 0 Å². The van der Waals surface area contributed by atoms with Crippen molar-refractivity contribution in [2.24, 2.45) is 0 Å². The van der Waals surface area contributed by atoms with Crippen molar-refractivity contribution in [2.45, 2.75) is 6.04 Å². The zero-order chi connectivity index (χ0) is 8.27. The van der Waals surface area contributed by atoms with Crippen LogP contribution in [0.25, 0.3) is 0 Å². The average molecular weight is 192 g/mol. The van der Waals surface area contributed by atoms with Crippen LogP contribution in [-0.4, -0.2) is 18.8 Å². The maximum absolute atomic E-state index is 8.89. The molecule has 0 radical (unpaired) electrons. The molecule has 1 aromatic heterocycles. The molecule has 0 aliphatic carbocycles. The smallest absolute Gasteiger partial charge is 0.0931 e. The Kier molecular flexibility index (Phi) is 3.33. The predicted octanol–water partition coefficient (Wildman–Crippen LogP) is 1.65. The molecule has 0 spiro atoms. The maximum atomic E-state index is 8.89. The largest absolute Gasteiger partial charge is 0.394 e. The highest BCUT2D eigenvalue weighted by atomic mass is 35.5. The zero-order valence-corrected chi connectivity index (χ0v) is 7.75. The molecule has 0 saturated heterocycles. The van der Waals surface area contributed by atoms with Crippen LogP contribution in [0.3, 0.4) is 0 Å². The van der Waals surface area contributed by atoms with Gasteiger partial charge in [-0.05, 0) is 19.2 Å². The van der Waals surface area contributed by atoms with E-state index in [4.69, 9.17) is 16.7 Å². The van der Waals surface area contributed by atoms with E-state index in [1.54, 1.807) is 0 Å². The second-order valence-corrected chi connectivity index (χ2v) is 3.91. The predicted molar refractivity (Wildman–Crippen MR) is 48.2 cm³/mol. The SMILES string of the molecule is CNC(CO)c1ccc(Cl)s1. The van der Waals surface area contributed by atoms with Crippen molar-refractivity contribution in [3.05, 3.63) is 21.3 Å². The van der Waals surface area contributed by atoms with Crippen molar-refractivity contribution < 1.29 is 5.11 Å². The molecule has 62 valence electrons. The number of halogens is 1. The minimum atomic E-state index is 0.0208. The fraction of sp³-hybridized carbons (Fsp3) is 0.429. The quantitative estimate of drug-likeness (QED) is 0.762. The molecular formula is C7H10ClNOS. The van der Waals surface area contributed by atoms with Gasteiger partial charge in [-0.1, -0.05) is 11.6 Å². The Morgan fingerprint density at radius 3 is 2.82 bits per heavy atom. The van der Waals surface area contributed by atoms with Crippen LogP contribution in [0.5, 0.6) is 0 Å². The summed E-state index contributed by atoms with van der Waals surface area (Å²) in [5.41, 5.74) is 0. The van der Waals surface area contributed by atoms with E-state index in [1.165, 1.54) is 11.3 Å². The Morgan fingerprint density at radius 1 is 1.73 bits per heavy atom. The lowest BCUT2D eigenvalue weighted by Gasteiger charge is -2.09. The molecule has 0 fully saturated rings. The van der Waals surface area contributed by atoms with Crippen molar-refractivity contribution in [1.82, 2.24) is 5.32 Å². The molecule has 0 saturated carbocycles. The van der Waals surface area contributed by atoms with Crippen molar-refractivity contribution >= 4 is 22.9 Å². The van der Waals surface area contributed by atoms with Gasteiger partial charge < -0.3 is 10.4 Å². The van der Waals surface area contributed by atoms with Crippen LogP contribution in [0.15, 0.2) is 12.1 Å². The fourth-order valence-electron chi connectivity index (χ4n) is 0.839. The minimum absolute atomic E-state index is 0.0208. The lowest BCUT2D eigenvalue weighted by Crippen LogP contribution is -2.18. The number of hydrogen-bond donors (Lipinski definition) is 2. The van der Waals surface area contributed by atoms with Crippen LogP contribution in [0.1, 0.15) is 10.9 Å². The lowest BCUT2D eigenvalue weighted by molar-refractivity contribution is 0.253. The number of likely N-dealkylation sites (N-methyl/N-ethyl adjacent to an activating group) is 1. The van der Waals surface area contributed by atoms with E-state index in [2.05, 4.69) is 5.32 Å². The van der Waals surface area contributed by atoms with Crippen molar-refractivity contribution in [3.63, 3.8) is 0 Å². The number of thiophene rings is 1. The second-order valence-electron chi connectivity index (χ2n) is 2.17. The first-order valence-electron chi connectivity index (χ1n) is 3.31. The van der Waals surface area contributed by atoms with E-state index in [0.29, 0.717) is 0 Å². The summed E-state index contributed by atoms with van der Waals surface area (Å²) in [6.07, 6.45) is 0. The van der Waals surface area contributed by atoms with Crippen molar-refractivity contribution in [2.75, 3.05) is 13.7 Å². The lowest BCUT2D eigenvalue weighted by atomic mass is 10.2. The van der Waals surface area contributed by atoms with Crippen LogP contribution in [0.4, 0.5) is 0 Å². The normalized spacial score (nSPS) is 13.4. The number of hydrogen-bond acceptors (Lipinski definition) is 3. The Labute approximate surface area is 74.8 Å². The molecule has 4 heteroatoms. The molecule has 2 N–H and O–H groups in total. The molecule has 1 atom stereocenters. The molecule has 11 heavy (non-hydrogen) atoms. The summed E-state index contributed by atoms with van der Waals surface area (Å²) in [6.45, 7) is 0.105. The van der Waals surface area contributed by atoms with Gasteiger partial charge in [0.2, 0.25) is 0 Å². The van der Waals surface area contributed by atoms with Crippen LogP contribution >= 0.6 is 22.9 Å². The Balaban J connectivity index is 2.73. The van der Waals surface area contributed by atoms with Crippen molar-refractivity contribution in [1.29, 1.82) is 0 Å². The van der Waals surface area contributed by atoms with Gasteiger partial charge in [-0.15, -0.1) is 11.3 Å². The molecule has 0 aromatic carbocycles. The van der Waals surface area contributed by atoms with Crippen LogP contribution < -0.4 is 5.32 Å². The maximum Gasteiger partial charge on any atom is 0.0931 e. The third kappa shape index (κ3) is 2.17. The van der Waals surface area contributed by atoms with Gasteiger partial charge in [0.05, 0.1) is 17.0 Å². The molecule has 1 aromatic rings. The summed E-state index contributed by atoms with van der Waals surface area (Å²) < 4.78 is 0.758. The van der Waals surface area contributed by atoms with Crippen LogP contribution in [0.2, 0.25) is 4.34 Å². The first-order chi connectivity index (χ1) is 5.27. The molecule has 1 unspecified atom stereocenters. The van der Waals surface area contributed by atoms with Gasteiger partial charge >= 0.3 is 0 Å². The first-order valence-corrected chi connectivity index (χ1v) is 4.50. The fourth-order valence-corrected chi connectivity index (χ4v) is 2.00. The average Bonchev–Trinajstić information content (AvgIpc) is 2.39. The van der Waals surface area contributed by atoms with E-state index in [0.717, 1.165) is 9.21 Å². The van der Waals surface area contributed by atoms with Gasteiger partial charge in [-0.3, -0.25) is 0 Å². The summed E-state index contributed by atoms with van der Waals surface area (Å²) in [5, 5.41) is 11.9. The Hall–Kier alpha value is -0.0900. The molecule has 1 rings (SSSR count). The number of aliphatic hydroxyl groups is 1. The van der Waals surface area contributed by atoms with E-state index >= 15 is 0 Å². The monoisotopic (exact) mass is 191 g/mol. The number of aliphatic hydroxyl groups excluding tert-OH is 1. The molecule has 0 aliphatic heterocycles. The van der Waals surface area contributed by atoms with Gasteiger partial charge in [0.15, 0.2) is 0 Å². The zero-order valence-electron chi connectivity index (χ0n) is 6.17. The summed E-state index contributed by atoms with van der Waals surface area (Å²) in [7, 11) is 1.81. The third-order valence-corrected chi connectivity index (χ3v) is 2.81. The van der Waals surface area contributed by atoms with Crippen LogP contribution in [0, 0.1) is 0 Å². The van der Waals surface area contributed by atoms with Gasteiger partial charge in [0.1, 0.15) is 0 Å². The first kappa shape index (κ1) is 9.00. The minimum Gasteiger partial charge on any atom is -0.394 e. The van der Waals surface area contributed by atoms with E-state index in [1.807, 2.05) is 19.2 Å². The third-order valence-electron chi connectivity index (χ3n) is 1.47. The molecule has 2 nitrogen and oxygen atoms in total. The summed E-state index contributed by atoms with van der Waals surface area (Å²) >= 11 is 7.22. The van der Waals surface area contributed by atoms with E-state index < -0.39 is 0 Å². The summed E-state index contributed by atoms with van der Waals surface area (Å²) in [6, 6.07) is 3.78. The summed E-state index contributed by atoms with van der Waals surface area (Å²) in [5.74, 6) is 0. The van der Waals surface area contributed by atoms with Gasteiger partial charge in [0.25, 0.3) is 0 Å². The number of rotatable bonds is 3. The topological polar surface area (TPSA) is 32.3 Å². The Morgan fingerprint density at radius 2 is 2.45 bits per heavy atom.